The quantitative estimate of drug-likeness (QED) is 0.469. The number of anilines is 2. The van der Waals surface area contributed by atoms with Gasteiger partial charge in [0.25, 0.3) is 0 Å². The van der Waals surface area contributed by atoms with Crippen molar-refractivity contribution in [2.45, 2.75) is 38.8 Å². The van der Waals surface area contributed by atoms with Crippen LogP contribution in [0, 0.1) is 18.3 Å². The van der Waals surface area contributed by atoms with Crippen LogP contribution in [0.1, 0.15) is 48.1 Å². The summed E-state index contributed by atoms with van der Waals surface area (Å²) < 4.78 is 0. The van der Waals surface area contributed by atoms with Crippen LogP contribution in [0.25, 0.3) is 10.9 Å². The largest absolute Gasteiger partial charge is 0.361 e. The van der Waals surface area contributed by atoms with Gasteiger partial charge in [0.2, 0.25) is 0 Å². The zero-order chi connectivity index (χ0) is 21.9. The number of benzene rings is 1. The molecule has 1 fully saturated rings. The third kappa shape index (κ3) is 4.18. The van der Waals surface area contributed by atoms with Crippen molar-refractivity contribution in [1.29, 1.82) is 5.26 Å². The van der Waals surface area contributed by atoms with Crippen LogP contribution in [0.3, 0.4) is 0 Å². The molecule has 1 atom stereocenters. The molecule has 160 valence electrons. The second kappa shape index (κ2) is 8.77. The highest BCUT2D eigenvalue weighted by molar-refractivity contribution is 5.82. The standard InChI is InChI=1S/C25H25N7/c1-17-29-23(13-25(30-17)31-20-9-8-19(14-26)28-15-20)24-7-2-3-12-32(24)16-18-5-4-6-22-21(18)10-11-27-22/h4-6,8-11,13,15,24,27H,2-3,7,12,16H2,1H3,(H,29,30,31). The Kier molecular flexibility index (Phi) is 5.53. The number of nitriles is 1. The summed E-state index contributed by atoms with van der Waals surface area (Å²) >= 11 is 0. The number of H-pyrrole nitrogens is 1. The minimum Gasteiger partial charge on any atom is -0.361 e. The van der Waals surface area contributed by atoms with Crippen molar-refractivity contribution < 1.29 is 0 Å². The fourth-order valence-electron chi connectivity index (χ4n) is 4.53. The lowest BCUT2D eigenvalue weighted by atomic mass is 9.97. The lowest BCUT2D eigenvalue weighted by molar-refractivity contribution is 0.137. The van der Waals surface area contributed by atoms with Gasteiger partial charge in [-0.15, -0.1) is 0 Å². The number of nitrogens with one attached hydrogen (secondary N) is 2. The highest BCUT2D eigenvalue weighted by Gasteiger charge is 2.26. The SMILES string of the molecule is Cc1nc(Nc2ccc(C#N)nc2)cc(C2CCCCN2Cc2cccc3[nH]ccc23)n1. The van der Waals surface area contributed by atoms with Gasteiger partial charge < -0.3 is 10.3 Å². The molecule has 1 unspecified atom stereocenters. The summed E-state index contributed by atoms with van der Waals surface area (Å²) in [5.41, 5.74) is 4.75. The van der Waals surface area contributed by atoms with Crippen molar-refractivity contribution in [2.75, 3.05) is 11.9 Å². The van der Waals surface area contributed by atoms with Gasteiger partial charge in [-0.25, -0.2) is 15.0 Å². The second-order valence-corrected chi connectivity index (χ2v) is 8.23. The number of fused-ring (bicyclic) bond motifs is 1. The summed E-state index contributed by atoms with van der Waals surface area (Å²) in [5.74, 6) is 1.49. The van der Waals surface area contributed by atoms with Gasteiger partial charge in [-0.05, 0) is 56.1 Å². The Hall–Kier alpha value is -3.76. The molecule has 1 aliphatic heterocycles. The van der Waals surface area contributed by atoms with Crippen LogP contribution in [-0.2, 0) is 6.54 Å². The zero-order valence-corrected chi connectivity index (χ0v) is 18.0. The summed E-state index contributed by atoms with van der Waals surface area (Å²) in [7, 11) is 0. The Balaban J connectivity index is 1.41. The molecule has 5 rings (SSSR count). The van der Waals surface area contributed by atoms with E-state index in [1.165, 1.54) is 29.3 Å². The molecule has 0 spiro atoms. The predicted octanol–water partition coefficient (Wildman–Crippen LogP) is 5.00. The van der Waals surface area contributed by atoms with Crippen molar-refractivity contribution >= 4 is 22.4 Å². The molecule has 4 heterocycles. The number of hydrogen-bond donors (Lipinski definition) is 2. The van der Waals surface area contributed by atoms with E-state index in [1.807, 2.05) is 31.3 Å². The fourth-order valence-corrected chi connectivity index (χ4v) is 4.53. The molecule has 3 aromatic heterocycles. The number of pyridine rings is 1. The van der Waals surface area contributed by atoms with Crippen molar-refractivity contribution in [3.05, 3.63) is 77.6 Å². The summed E-state index contributed by atoms with van der Waals surface area (Å²) in [4.78, 5) is 19.4. The van der Waals surface area contributed by atoms with Gasteiger partial charge in [-0.1, -0.05) is 18.6 Å². The number of aromatic amines is 1. The summed E-state index contributed by atoms with van der Waals surface area (Å²) in [5, 5.41) is 13.6. The van der Waals surface area contributed by atoms with Gasteiger partial charge >= 0.3 is 0 Å². The molecule has 0 amide bonds. The molecule has 7 heteroatoms. The molecular weight excluding hydrogens is 398 g/mol. The van der Waals surface area contributed by atoms with Crippen molar-refractivity contribution in [3.8, 4) is 6.07 Å². The Morgan fingerprint density at radius 1 is 1.19 bits per heavy atom. The van der Waals surface area contributed by atoms with Crippen molar-refractivity contribution in [1.82, 2.24) is 24.8 Å². The Bertz CT molecular complexity index is 1270. The summed E-state index contributed by atoms with van der Waals surface area (Å²) in [6.07, 6.45) is 7.13. The van der Waals surface area contributed by atoms with Crippen LogP contribution >= 0.6 is 0 Å². The molecule has 7 nitrogen and oxygen atoms in total. The van der Waals surface area contributed by atoms with Gasteiger partial charge in [0.1, 0.15) is 23.4 Å². The van der Waals surface area contributed by atoms with Gasteiger partial charge in [0, 0.05) is 29.7 Å². The molecule has 0 aliphatic carbocycles. The number of rotatable bonds is 5. The summed E-state index contributed by atoms with van der Waals surface area (Å²) in [6, 6.07) is 16.5. The number of hydrogen-bond acceptors (Lipinski definition) is 6. The topological polar surface area (TPSA) is 93.5 Å². The van der Waals surface area contributed by atoms with E-state index >= 15 is 0 Å². The van der Waals surface area contributed by atoms with E-state index in [4.69, 9.17) is 10.2 Å². The van der Waals surface area contributed by atoms with E-state index in [2.05, 4.69) is 49.4 Å². The van der Waals surface area contributed by atoms with E-state index < -0.39 is 0 Å². The first-order valence-corrected chi connectivity index (χ1v) is 11.0. The monoisotopic (exact) mass is 423 g/mol. The molecule has 0 radical (unpaired) electrons. The van der Waals surface area contributed by atoms with Gasteiger partial charge in [0.05, 0.1) is 23.6 Å². The van der Waals surface area contributed by atoms with E-state index in [9.17, 15) is 0 Å². The van der Waals surface area contributed by atoms with Crippen LogP contribution < -0.4 is 5.32 Å². The van der Waals surface area contributed by atoms with Gasteiger partial charge in [0.15, 0.2) is 0 Å². The van der Waals surface area contributed by atoms with Crippen molar-refractivity contribution in [2.24, 2.45) is 0 Å². The molecule has 1 saturated heterocycles. The van der Waals surface area contributed by atoms with E-state index in [-0.39, 0.29) is 6.04 Å². The van der Waals surface area contributed by atoms with E-state index in [0.29, 0.717) is 5.69 Å². The van der Waals surface area contributed by atoms with Crippen LogP contribution in [0.4, 0.5) is 11.5 Å². The molecule has 0 bridgehead atoms. The van der Waals surface area contributed by atoms with Crippen LogP contribution in [0.5, 0.6) is 0 Å². The van der Waals surface area contributed by atoms with Crippen LogP contribution in [-0.4, -0.2) is 31.4 Å². The first-order chi connectivity index (χ1) is 15.7. The number of piperidine rings is 1. The number of nitrogens with zero attached hydrogens (tertiary/aromatic N) is 5. The van der Waals surface area contributed by atoms with Gasteiger partial charge in [-0.2, -0.15) is 5.26 Å². The molecule has 0 saturated carbocycles. The van der Waals surface area contributed by atoms with E-state index in [1.54, 1.807) is 12.3 Å². The predicted molar refractivity (Wildman–Crippen MR) is 124 cm³/mol. The first-order valence-electron chi connectivity index (χ1n) is 11.0. The lowest BCUT2D eigenvalue weighted by Crippen LogP contribution is -2.33. The van der Waals surface area contributed by atoms with Gasteiger partial charge in [-0.3, -0.25) is 4.90 Å². The average Bonchev–Trinajstić information content (AvgIpc) is 3.30. The average molecular weight is 424 g/mol. The second-order valence-electron chi connectivity index (χ2n) is 8.23. The smallest absolute Gasteiger partial charge is 0.140 e. The zero-order valence-electron chi connectivity index (χ0n) is 18.0. The Morgan fingerprint density at radius 3 is 2.97 bits per heavy atom. The highest BCUT2D eigenvalue weighted by atomic mass is 15.2. The first kappa shape index (κ1) is 20.2. The summed E-state index contributed by atoms with van der Waals surface area (Å²) in [6.45, 7) is 3.88. The Morgan fingerprint density at radius 2 is 2.12 bits per heavy atom. The molecule has 32 heavy (non-hydrogen) atoms. The normalized spacial score (nSPS) is 16.7. The molecule has 1 aliphatic rings. The minimum atomic E-state index is 0.249. The fraction of sp³-hybridized carbons (Fsp3) is 0.280. The Labute approximate surface area is 187 Å². The number of likely N-dealkylation sites (tertiary alicyclic amines) is 1. The van der Waals surface area contributed by atoms with E-state index in [0.717, 1.165) is 42.5 Å². The van der Waals surface area contributed by atoms with Crippen molar-refractivity contribution in [3.63, 3.8) is 0 Å². The number of aromatic nitrogens is 4. The third-order valence-electron chi connectivity index (χ3n) is 6.02. The minimum absolute atomic E-state index is 0.249. The number of aryl methyl sites for hydroxylation is 1. The maximum absolute atomic E-state index is 8.95. The third-order valence-corrected chi connectivity index (χ3v) is 6.02. The highest BCUT2D eigenvalue weighted by Crippen LogP contribution is 2.33. The maximum Gasteiger partial charge on any atom is 0.140 e. The molecular formula is C25H25N7. The molecule has 1 aromatic carbocycles. The van der Waals surface area contributed by atoms with Crippen LogP contribution in [0.15, 0.2) is 54.9 Å². The molecule has 2 N–H and O–H groups in total. The maximum atomic E-state index is 8.95. The van der Waals surface area contributed by atoms with Crippen LogP contribution in [0.2, 0.25) is 0 Å². The lowest BCUT2D eigenvalue weighted by Gasteiger charge is -2.35. The molecule has 4 aromatic rings.